The molecule has 0 unspecified atom stereocenters. The van der Waals surface area contributed by atoms with Crippen molar-refractivity contribution in [2.75, 3.05) is 4.90 Å². The molecule has 0 bridgehead atoms. The molecule has 0 N–H and O–H groups in total. The van der Waals surface area contributed by atoms with E-state index in [1.807, 2.05) is 0 Å². The van der Waals surface area contributed by atoms with Crippen LogP contribution in [-0.4, -0.2) is 18.8 Å². The maximum Gasteiger partial charge on any atom is 0.165 e. The van der Waals surface area contributed by atoms with Gasteiger partial charge in [0.2, 0.25) is 0 Å². The fourth-order valence-electron chi connectivity index (χ4n) is 9.39. The molecule has 53 heavy (non-hydrogen) atoms. The van der Waals surface area contributed by atoms with Gasteiger partial charge < -0.3 is 4.90 Å². The highest BCUT2D eigenvalue weighted by molar-refractivity contribution is 6.33. The molecule has 0 fully saturated rings. The molecule has 8 aromatic carbocycles. The van der Waals surface area contributed by atoms with E-state index in [0.29, 0.717) is 0 Å². The first-order valence-corrected chi connectivity index (χ1v) is 18.1. The van der Waals surface area contributed by atoms with Gasteiger partial charge >= 0.3 is 0 Å². The van der Waals surface area contributed by atoms with Gasteiger partial charge in [-0.1, -0.05) is 127 Å². The van der Waals surface area contributed by atoms with Crippen molar-refractivity contribution in [3.05, 3.63) is 164 Å². The smallest absolute Gasteiger partial charge is 0.165 e. The summed E-state index contributed by atoms with van der Waals surface area (Å²) in [4.78, 5) is 13.8. The van der Waals surface area contributed by atoms with Gasteiger partial charge in [-0.2, -0.15) is 0 Å². The lowest BCUT2D eigenvalue weighted by Crippen LogP contribution is -2.10. The molecule has 0 amide bonds. The summed E-state index contributed by atoms with van der Waals surface area (Å²) in [5, 5.41) is 12.0. The van der Waals surface area contributed by atoms with Crippen LogP contribution in [0.5, 0.6) is 0 Å². The van der Waals surface area contributed by atoms with Gasteiger partial charge in [0.05, 0.1) is 27.8 Å². The summed E-state index contributed by atoms with van der Waals surface area (Å²) in [6, 6.07) is 58.9. The minimum atomic E-state index is 0.875. The SMILES string of the molecule is c1ccc(N(c2ccccc2)c2cccc3c4cccc5c6nc7c(nc6n(c23)c45)c2c3ccccc3cc3c4ccc5ccccc5c4n7c32)cc1. The van der Waals surface area contributed by atoms with Gasteiger partial charge in [-0.05, 0) is 52.6 Å². The number of rotatable bonds is 3. The van der Waals surface area contributed by atoms with Crippen molar-refractivity contribution in [2.24, 2.45) is 0 Å². The highest BCUT2D eigenvalue weighted by Gasteiger charge is 2.28. The largest absolute Gasteiger partial charge is 0.308 e. The van der Waals surface area contributed by atoms with Crippen molar-refractivity contribution in [3.8, 4) is 0 Å². The van der Waals surface area contributed by atoms with E-state index in [1.165, 1.54) is 54.1 Å². The van der Waals surface area contributed by atoms with Crippen molar-refractivity contribution >= 4 is 115 Å². The zero-order valence-electron chi connectivity index (χ0n) is 28.3. The van der Waals surface area contributed by atoms with Crippen LogP contribution in [0.2, 0.25) is 0 Å². The van der Waals surface area contributed by atoms with Gasteiger partial charge in [-0.3, -0.25) is 8.80 Å². The number of para-hydroxylation sites is 4. The van der Waals surface area contributed by atoms with Crippen LogP contribution in [0, 0.1) is 0 Å². The fourth-order valence-corrected chi connectivity index (χ4v) is 9.39. The number of fused-ring (bicyclic) bond motifs is 16. The zero-order chi connectivity index (χ0) is 34.4. The summed E-state index contributed by atoms with van der Waals surface area (Å²) in [7, 11) is 0. The van der Waals surface area contributed by atoms with Crippen molar-refractivity contribution < 1.29 is 0 Å². The highest BCUT2D eigenvalue weighted by Crippen LogP contribution is 2.48. The van der Waals surface area contributed by atoms with Crippen LogP contribution in [0.15, 0.2) is 164 Å². The maximum absolute atomic E-state index is 5.75. The van der Waals surface area contributed by atoms with E-state index < -0.39 is 0 Å². The average molecular weight is 674 g/mol. The number of hydrogen-bond donors (Lipinski definition) is 0. The normalized spacial score (nSPS) is 12.5. The van der Waals surface area contributed by atoms with E-state index in [0.717, 1.165) is 61.2 Å². The van der Waals surface area contributed by atoms with Gasteiger partial charge in [-0.15, -0.1) is 0 Å². The van der Waals surface area contributed by atoms with E-state index in [2.05, 4.69) is 177 Å². The molecule has 13 aromatic rings. The van der Waals surface area contributed by atoms with Crippen LogP contribution in [-0.2, 0) is 0 Å². The Hall–Kier alpha value is -7.24. The van der Waals surface area contributed by atoms with Gasteiger partial charge in [0, 0.05) is 49.1 Å². The van der Waals surface area contributed by atoms with Crippen molar-refractivity contribution in [1.29, 1.82) is 0 Å². The molecule has 0 aliphatic heterocycles. The molecule has 244 valence electrons. The molecule has 0 aliphatic carbocycles. The Morgan fingerprint density at radius 1 is 0.358 bits per heavy atom. The molecule has 0 saturated carbocycles. The quantitative estimate of drug-likeness (QED) is 0.187. The van der Waals surface area contributed by atoms with E-state index in [9.17, 15) is 0 Å². The number of aromatic nitrogens is 4. The van der Waals surface area contributed by atoms with E-state index in [-0.39, 0.29) is 0 Å². The molecule has 0 aliphatic rings. The Bertz CT molecular complexity index is 3580. The molecule has 5 heteroatoms. The first-order valence-electron chi connectivity index (χ1n) is 18.1. The number of hydrogen-bond acceptors (Lipinski definition) is 3. The van der Waals surface area contributed by atoms with Crippen LogP contribution in [0.1, 0.15) is 0 Å². The predicted molar refractivity (Wildman–Crippen MR) is 221 cm³/mol. The fraction of sp³-hybridized carbons (Fsp3) is 0. The summed E-state index contributed by atoms with van der Waals surface area (Å²) < 4.78 is 4.79. The van der Waals surface area contributed by atoms with Gasteiger partial charge in [0.15, 0.2) is 11.3 Å². The summed E-state index contributed by atoms with van der Waals surface area (Å²) in [6.45, 7) is 0. The summed E-state index contributed by atoms with van der Waals surface area (Å²) in [6.07, 6.45) is 0. The number of nitrogens with zero attached hydrogens (tertiary/aromatic N) is 5. The van der Waals surface area contributed by atoms with Crippen molar-refractivity contribution in [1.82, 2.24) is 18.8 Å². The summed E-state index contributed by atoms with van der Waals surface area (Å²) in [5.74, 6) is 0. The van der Waals surface area contributed by atoms with Crippen molar-refractivity contribution in [3.63, 3.8) is 0 Å². The van der Waals surface area contributed by atoms with Crippen LogP contribution in [0.4, 0.5) is 17.1 Å². The second kappa shape index (κ2) is 9.75. The molecule has 5 aromatic heterocycles. The standard InChI is InChI=1S/C48H27N5/c1-3-15-30(16-4-1)51(31-17-5-2-6-18-31)39-24-12-22-35-34-21-11-23-37-41-47(52(44(34)37)45(35)39)50-42-40-32-19-9-8-14-29(32)27-38-36-26-25-28-13-7-10-20-33(28)43(36)53(46(38)40)48(42)49-41/h1-27H. The van der Waals surface area contributed by atoms with E-state index >= 15 is 0 Å². The monoisotopic (exact) mass is 673 g/mol. The topological polar surface area (TPSA) is 37.8 Å². The Morgan fingerprint density at radius 2 is 0.906 bits per heavy atom. The third-order valence-corrected chi connectivity index (χ3v) is 11.5. The molecular weight excluding hydrogens is 647 g/mol. The minimum Gasteiger partial charge on any atom is -0.308 e. The molecule has 5 heterocycles. The minimum absolute atomic E-state index is 0.875. The van der Waals surface area contributed by atoms with E-state index in [1.54, 1.807) is 0 Å². The van der Waals surface area contributed by atoms with Crippen molar-refractivity contribution in [2.45, 2.75) is 0 Å². The lowest BCUT2D eigenvalue weighted by molar-refractivity contribution is 1.23. The van der Waals surface area contributed by atoms with Crippen LogP contribution in [0.3, 0.4) is 0 Å². The Labute approximate surface area is 301 Å². The Kier molecular flexibility index (Phi) is 5.06. The lowest BCUT2D eigenvalue weighted by atomic mass is 10.0. The molecule has 5 nitrogen and oxygen atoms in total. The third-order valence-electron chi connectivity index (χ3n) is 11.5. The number of anilines is 3. The summed E-state index contributed by atoms with van der Waals surface area (Å²) >= 11 is 0. The molecule has 0 atom stereocenters. The first-order chi connectivity index (χ1) is 26.3. The van der Waals surface area contributed by atoms with Gasteiger partial charge in [0.25, 0.3) is 0 Å². The van der Waals surface area contributed by atoms with Crippen LogP contribution < -0.4 is 4.90 Å². The number of benzene rings is 8. The maximum atomic E-state index is 5.75. The van der Waals surface area contributed by atoms with E-state index in [4.69, 9.17) is 9.97 Å². The Balaban J connectivity index is 1.26. The molecule has 0 spiro atoms. The second-order valence-corrected chi connectivity index (χ2v) is 14.2. The van der Waals surface area contributed by atoms with Gasteiger partial charge in [-0.25, -0.2) is 9.97 Å². The molecular formula is C48H27N5. The summed E-state index contributed by atoms with van der Waals surface area (Å²) in [5.41, 5.74) is 11.5. The van der Waals surface area contributed by atoms with Gasteiger partial charge in [0.1, 0.15) is 11.0 Å². The Morgan fingerprint density at radius 3 is 1.70 bits per heavy atom. The third kappa shape index (κ3) is 3.37. The first kappa shape index (κ1) is 27.5. The van der Waals surface area contributed by atoms with Crippen LogP contribution in [0.25, 0.3) is 98.3 Å². The molecule has 13 rings (SSSR count). The highest BCUT2D eigenvalue weighted by atomic mass is 15.2. The lowest BCUT2D eigenvalue weighted by Gasteiger charge is -2.26. The van der Waals surface area contributed by atoms with Crippen LogP contribution >= 0.6 is 0 Å². The predicted octanol–water partition coefficient (Wildman–Crippen LogP) is 12.6. The molecule has 0 saturated heterocycles. The average Bonchev–Trinajstić information content (AvgIpc) is 3.94. The zero-order valence-corrected chi connectivity index (χ0v) is 28.3. The second-order valence-electron chi connectivity index (χ2n) is 14.2. The molecule has 0 radical (unpaired) electrons.